The third-order valence-corrected chi connectivity index (χ3v) is 10.0. The summed E-state index contributed by atoms with van der Waals surface area (Å²) in [7, 11) is 0. The molecular formula is C28H44O. The first kappa shape index (κ1) is 21.4. The fourth-order valence-electron chi connectivity index (χ4n) is 7.59. The van der Waals surface area contributed by atoms with E-state index in [0.29, 0.717) is 22.7 Å². The van der Waals surface area contributed by atoms with E-state index >= 15 is 0 Å². The second kappa shape index (κ2) is 7.70. The lowest BCUT2D eigenvalue weighted by Crippen LogP contribution is -2.46. The molecule has 0 aromatic rings. The second-order valence-corrected chi connectivity index (χ2v) is 11.9. The van der Waals surface area contributed by atoms with Crippen LogP contribution in [-0.2, 0) is 0 Å². The molecule has 8 atom stereocenters. The van der Waals surface area contributed by atoms with Gasteiger partial charge in [0.05, 0.1) is 6.10 Å². The van der Waals surface area contributed by atoms with Gasteiger partial charge in [-0.05, 0) is 91.3 Å². The van der Waals surface area contributed by atoms with Crippen molar-refractivity contribution in [1.29, 1.82) is 0 Å². The molecule has 162 valence electrons. The van der Waals surface area contributed by atoms with Gasteiger partial charge in [-0.2, -0.15) is 0 Å². The summed E-state index contributed by atoms with van der Waals surface area (Å²) in [6.45, 7) is 14.6. The quantitative estimate of drug-likeness (QED) is 0.493. The van der Waals surface area contributed by atoms with E-state index in [-0.39, 0.29) is 6.10 Å². The van der Waals surface area contributed by atoms with Gasteiger partial charge < -0.3 is 5.11 Å². The zero-order valence-electron chi connectivity index (χ0n) is 19.7. The lowest BCUT2D eigenvalue weighted by molar-refractivity contribution is 0.0382. The first-order valence-corrected chi connectivity index (χ1v) is 12.4. The average Bonchev–Trinajstić information content (AvgIpc) is 3.03. The number of hydrogen-bond acceptors (Lipinski definition) is 1. The molecule has 0 spiro atoms. The summed E-state index contributed by atoms with van der Waals surface area (Å²) in [4.78, 5) is 0. The van der Waals surface area contributed by atoms with Gasteiger partial charge in [-0.15, -0.1) is 0 Å². The molecule has 0 saturated heterocycles. The predicted octanol–water partition coefficient (Wildman–Crippen LogP) is 7.33. The van der Waals surface area contributed by atoms with Gasteiger partial charge in [0, 0.05) is 0 Å². The Morgan fingerprint density at radius 3 is 2.41 bits per heavy atom. The molecule has 0 aromatic carbocycles. The molecule has 4 aliphatic rings. The Morgan fingerprint density at radius 1 is 0.931 bits per heavy atom. The van der Waals surface area contributed by atoms with Crippen LogP contribution in [0.1, 0.15) is 86.5 Å². The summed E-state index contributed by atoms with van der Waals surface area (Å²) < 4.78 is 0. The number of aliphatic hydroxyl groups excluding tert-OH is 1. The SMILES string of the molecule is CC(C)[C@H](C)/C=C/[C@@H](C)[C@H]1CC[C@H]2C3=CC=C4C[C@@H](O)CC[C@]4(C)[C@H]3CC[C@]12C. The Balaban J connectivity index is 1.57. The number of fused-ring (bicyclic) bond motifs is 5. The van der Waals surface area contributed by atoms with Crippen molar-refractivity contribution < 1.29 is 5.11 Å². The number of allylic oxidation sites excluding steroid dienone is 5. The van der Waals surface area contributed by atoms with Crippen molar-refractivity contribution >= 4 is 0 Å². The zero-order chi connectivity index (χ0) is 21.0. The first-order valence-electron chi connectivity index (χ1n) is 12.4. The Kier molecular flexibility index (Phi) is 5.69. The molecule has 0 amide bonds. The van der Waals surface area contributed by atoms with Crippen LogP contribution < -0.4 is 0 Å². The summed E-state index contributed by atoms with van der Waals surface area (Å²) in [5, 5.41) is 10.2. The summed E-state index contributed by atoms with van der Waals surface area (Å²) in [5.74, 6) is 4.38. The maximum Gasteiger partial charge on any atom is 0.0578 e. The molecule has 4 rings (SSSR count). The minimum Gasteiger partial charge on any atom is -0.393 e. The lowest BCUT2D eigenvalue weighted by Gasteiger charge is -2.55. The molecule has 4 aliphatic carbocycles. The fourth-order valence-corrected chi connectivity index (χ4v) is 7.59. The molecule has 3 saturated carbocycles. The standard InChI is InChI=1S/C28H44O/c1-18(2)19(3)7-8-20(4)24-11-12-25-23-10-9-21-17-22(29)13-15-27(21,5)26(23)14-16-28(24,25)6/h7-10,18-20,22,24-26,29H,11-17H2,1-6H3/b8-7+/t19-,20-,22+,24-,25+,26+,27+,28-/m1/s1. The summed E-state index contributed by atoms with van der Waals surface area (Å²) >= 11 is 0. The minimum absolute atomic E-state index is 0.116. The number of aliphatic hydroxyl groups is 1. The Bertz CT molecular complexity index is 712. The molecule has 1 N–H and O–H groups in total. The van der Waals surface area contributed by atoms with Crippen LogP contribution in [0.25, 0.3) is 0 Å². The van der Waals surface area contributed by atoms with Crippen LogP contribution in [0.15, 0.2) is 35.5 Å². The van der Waals surface area contributed by atoms with Crippen molar-refractivity contribution in [2.24, 2.45) is 46.3 Å². The van der Waals surface area contributed by atoms with Gasteiger partial charge in [0.15, 0.2) is 0 Å². The lowest BCUT2D eigenvalue weighted by atomic mass is 9.50. The molecule has 0 heterocycles. The molecule has 0 radical (unpaired) electrons. The van der Waals surface area contributed by atoms with Crippen LogP contribution in [0.4, 0.5) is 0 Å². The van der Waals surface area contributed by atoms with E-state index in [0.717, 1.165) is 36.5 Å². The number of hydrogen-bond donors (Lipinski definition) is 1. The van der Waals surface area contributed by atoms with E-state index in [1.165, 1.54) is 37.7 Å². The molecule has 1 nitrogen and oxygen atoms in total. The Labute approximate surface area is 179 Å². The third-order valence-electron chi connectivity index (χ3n) is 10.0. The predicted molar refractivity (Wildman–Crippen MR) is 123 cm³/mol. The molecular weight excluding hydrogens is 352 g/mol. The Morgan fingerprint density at radius 2 is 1.69 bits per heavy atom. The highest BCUT2D eigenvalue weighted by molar-refractivity contribution is 5.39. The summed E-state index contributed by atoms with van der Waals surface area (Å²) in [5.41, 5.74) is 4.07. The van der Waals surface area contributed by atoms with Crippen molar-refractivity contribution in [3.8, 4) is 0 Å². The highest BCUT2D eigenvalue weighted by Gasteiger charge is 2.56. The Hall–Kier alpha value is -0.820. The van der Waals surface area contributed by atoms with Gasteiger partial charge in [0.1, 0.15) is 0 Å². The maximum absolute atomic E-state index is 10.2. The average molecular weight is 397 g/mol. The van der Waals surface area contributed by atoms with Crippen LogP contribution in [0.3, 0.4) is 0 Å². The normalized spacial score (nSPS) is 44.0. The second-order valence-electron chi connectivity index (χ2n) is 11.9. The van der Waals surface area contributed by atoms with E-state index in [1.54, 1.807) is 5.57 Å². The maximum atomic E-state index is 10.2. The van der Waals surface area contributed by atoms with E-state index in [1.807, 2.05) is 0 Å². The highest BCUT2D eigenvalue weighted by atomic mass is 16.3. The molecule has 0 unspecified atom stereocenters. The van der Waals surface area contributed by atoms with Gasteiger partial charge in [-0.1, -0.05) is 77.0 Å². The summed E-state index contributed by atoms with van der Waals surface area (Å²) in [6.07, 6.45) is 18.4. The molecule has 1 heteroatoms. The van der Waals surface area contributed by atoms with Crippen molar-refractivity contribution in [2.45, 2.75) is 92.6 Å². The van der Waals surface area contributed by atoms with Crippen LogP contribution in [-0.4, -0.2) is 11.2 Å². The molecule has 0 aromatic heterocycles. The molecule has 0 bridgehead atoms. The van der Waals surface area contributed by atoms with Crippen molar-refractivity contribution in [3.63, 3.8) is 0 Å². The number of rotatable bonds is 4. The van der Waals surface area contributed by atoms with Gasteiger partial charge in [0.25, 0.3) is 0 Å². The minimum atomic E-state index is -0.116. The van der Waals surface area contributed by atoms with Gasteiger partial charge in [-0.25, -0.2) is 0 Å². The first-order chi connectivity index (χ1) is 13.7. The van der Waals surface area contributed by atoms with Gasteiger partial charge in [0.2, 0.25) is 0 Å². The van der Waals surface area contributed by atoms with Crippen molar-refractivity contribution in [2.75, 3.05) is 0 Å². The fraction of sp³-hybridized carbons (Fsp3) is 0.786. The smallest absolute Gasteiger partial charge is 0.0578 e. The van der Waals surface area contributed by atoms with Gasteiger partial charge >= 0.3 is 0 Å². The highest BCUT2D eigenvalue weighted by Crippen LogP contribution is 2.65. The van der Waals surface area contributed by atoms with E-state index in [2.05, 4.69) is 65.8 Å². The van der Waals surface area contributed by atoms with Crippen LogP contribution >= 0.6 is 0 Å². The van der Waals surface area contributed by atoms with E-state index in [9.17, 15) is 5.11 Å². The summed E-state index contributed by atoms with van der Waals surface area (Å²) in [6, 6.07) is 0. The van der Waals surface area contributed by atoms with E-state index < -0.39 is 0 Å². The zero-order valence-corrected chi connectivity index (χ0v) is 19.7. The topological polar surface area (TPSA) is 20.2 Å². The third kappa shape index (κ3) is 3.50. The van der Waals surface area contributed by atoms with Crippen molar-refractivity contribution in [3.05, 3.63) is 35.5 Å². The van der Waals surface area contributed by atoms with Crippen molar-refractivity contribution in [1.82, 2.24) is 0 Å². The molecule has 0 aliphatic heterocycles. The largest absolute Gasteiger partial charge is 0.393 e. The molecule has 29 heavy (non-hydrogen) atoms. The van der Waals surface area contributed by atoms with Crippen LogP contribution in [0, 0.1) is 46.3 Å². The van der Waals surface area contributed by atoms with E-state index in [4.69, 9.17) is 0 Å². The molecule has 3 fully saturated rings. The van der Waals surface area contributed by atoms with Crippen LogP contribution in [0.2, 0.25) is 0 Å². The monoisotopic (exact) mass is 396 g/mol. The van der Waals surface area contributed by atoms with Gasteiger partial charge in [-0.3, -0.25) is 0 Å². The van der Waals surface area contributed by atoms with Crippen LogP contribution in [0.5, 0.6) is 0 Å².